The molecule has 0 amide bonds. The molecule has 2 nitrogen and oxygen atoms in total. The topological polar surface area (TPSA) is 0 Å². The van der Waals surface area contributed by atoms with E-state index in [0.29, 0.717) is 0 Å². The number of unbranched alkanes of at least 4 members (excludes halogenated alkanes) is 18. The van der Waals surface area contributed by atoms with Crippen molar-refractivity contribution in [2.45, 2.75) is 142 Å². The van der Waals surface area contributed by atoms with E-state index >= 15 is 0 Å². The van der Waals surface area contributed by atoms with Crippen molar-refractivity contribution in [1.29, 1.82) is 0 Å². The van der Waals surface area contributed by atoms with Crippen molar-refractivity contribution in [2.24, 2.45) is 0 Å². The third-order valence-corrected chi connectivity index (χ3v) is 10.2. The smallest absolute Gasteiger partial charge is 0.0882 e. The molecule has 0 aromatic carbocycles. The lowest BCUT2D eigenvalue weighted by Gasteiger charge is -2.30. The van der Waals surface area contributed by atoms with E-state index in [9.17, 15) is 0 Å². The van der Waals surface area contributed by atoms with Crippen LogP contribution >= 0.6 is 21.6 Å². The van der Waals surface area contributed by atoms with Gasteiger partial charge in [0.15, 0.2) is 0 Å². The van der Waals surface area contributed by atoms with E-state index in [0.717, 1.165) is 0 Å². The Morgan fingerprint density at radius 3 is 0.861 bits per heavy atom. The zero-order valence-electron chi connectivity index (χ0n) is 26.1. The molecule has 0 bridgehead atoms. The zero-order valence-corrected chi connectivity index (χ0v) is 27.7. The van der Waals surface area contributed by atoms with Crippen LogP contribution in [0.5, 0.6) is 0 Å². The van der Waals surface area contributed by atoms with Crippen molar-refractivity contribution in [1.82, 2.24) is 0 Å². The first-order valence-electron chi connectivity index (χ1n) is 16.2. The van der Waals surface area contributed by atoms with Gasteiger partial charge in [-0.05, 0) is 25.7 Å². The lowest BCUT2D eigenvalue weighted by molar-refractivity contribution is -0.888. The van der Waals surface area contributed by atoms with Gasteiger partial charge in [0.05, 0.1) is 65.9 Å². The monoisotopic (exact) mass is 546 g/mol. The fraction of sp³-hybridized carbons (Fsp3) is 1.00. The summed E-state index contributed by atoms with van der Waals surface area (Å²) in [5, 5.41) is 0. The Balaban J connectivity index is 3.53. The minimum atomic E-state index is 1.20. The Morgan fingerprint density at radius 1 is 0.333 bits per heavy atom. The van der Waals surface area contributed by atoms with E-state index in [1.807, 2.05) is 0 Å². The molecule has 36 heavy (non-hydrogen) atoms. The van der Waals surface area contributed by atoms with Crippen LogP contribution in [0.3, 0.4) is 0 Å². The third-order valence-electron chi connectivity index (χ3n) is 7.88. The quantitative estimate of drug-likeness (QED) is 0.0520. The van der Waals surface area contributed by atoms with Gasteiger partial charge in [-0.1, -0.05) is 138 Å². The van der Waals surface area contributed by atoms with Gasteiger partial charge in [0, 0.05) is 0 Å². The predicted octanol–water partition coefficient (Wildman–Crippen LogP) is 10.4. The molecule has 0 radical (unpaired) electrons. The molecule has 0 aliphatic rings. The maximum Gasteiger partial charge on any atom is 0.0882 e. The minimum absolute atomic E-state index is 1.20. The summed E-state index contributed by atoms with van der Waals surface area (Å²) in [6.45, 7) is 9.93. The Bertz CT molecular complexity index is 400. The maximum absolute atomic E-state index is 2.44. The van der Waals surface area contributed by atoms with Gasteiger partial charge in [-0.15, -0.1) is 0 Å². The van der Waals surface area contributed by atoms with Gasteiger partial charge >= 0.3 is 0 Å². The van der Waals surface area contributed by atoms with Gasteiger partial charge in [-0.3, -0.25) is 0 Å². The number of quaternary nitrogens is 2. The van der Waals surface area contributed by atoms with Gasteiger partial charge in [0.1, 0.15) is 0 Å². The standard InChI is InChI=1S/C32H70N2S2/c1-7-9-11-13-15-17-19-21-23-25-27-33(3,4)29-31-35-36-32-30-34(5,6)28-26-24-22-20-18-16-14-12-10-8-2/h7-32H2,1-6H3/q+2. The largest absolute Gasteiger partial charge is 0.328 e. The fourth-order valence-corrected chi connectivity index (χ4v) is 7.49. The second-order valence-electron chi connectivity index (χ2n) is 12.8. The first-order chi connectivity index (χ1) is 17.3. The van der Waals surface area contributed by atoms with Crippen molar-refractivity contribution in [3.63, 3.8) is 0 Å². The number of hydrogen-bond donors (Lipinski definition) is 0. The maximum atomic E-state index is 2.44. The molecule has 0 heterocycles. The van der Waals surface area contributed by atoms with Crippen LogP contribution in [0.2, 0.25) is 0 Å². The second kappa shape index (κ2) is 25.9. The van der Waals surface area contributed by atoms with Crippen molar-refractivity contribution in [2.75, 3.05) is 65.9 Å². The van der Waals surface area contributed by atoms with E-state index < -0.39 is 0 Å². The number of nitrogens with zero attached hydrogens (tertiary/aromatic N) is 2. The molecule has 0 saturated carbocycles. The van der Waals surface area contributed by atoms with Crippen molar-refractivity contribution in [3.8, 4) is 0 Å². The highest BCUT2D eigenvalue weighted by molar-refractivity contribution is 8.76. The molecule has 0 atom stereocenters. The highest BCUT2D eigenvalue weighted by atomic mass is 33.1. The molecule has 0 aliphatic carbocycles. The first kappa shape index (κ1) is 36.6. The molecule has 0 saturated heterocycles. The SMILES string of the molecule is CCCCCCCCCCCC[N+](C)(C)CCSSCC[N+](C)(C)CCCCCCCCCCCC. The van der Waals surface area contributed by atoms with Crippen molar-refractivity contribution in [3.05, 3.63) is 0 Å². The van der Waals surface area contributed by atoms with Crippen LogP contribution < -0.4 is 0 Å². The van der Waals surface area contributed by atoms with Crippen LogP contribution in [-0.4, -0.2) is 74.8 Å². The van der Waals surface area contributed by atoms with Crippen LogP contribution in [0.1, 0.15) is 142 Å². The Hall–Kier alpha value is 0.620. The number of hydrogen-bond acceptors (Lipinski definition) is 2. The summed E-state index contributed by atoms with van der Waals surface area (Å²) < 4.78 is 2.40. The summed E-state index contributed by atoms with van der Waals surface area (Å²) in [6, 6.07) is 0. The van der Waals surface area contributed by atoms with Crippen LogP contribution in [0, 0.1) is 0 Å². The molecule has 0 spiro atoms. The summed E-state index contributed by atoms with van der Waals surface area (Å²) in [7, 11) is 14.0. The van der Waals surface area contributed by atoms with Gasteiger partial charge in [0.2, 0.25) is 0 Å². The lowest BCUT2D eigenvalue weighted by Crippen LogP contribution is -2.42. The van der Waals surface area contributed by atoms with Gasteiger partial charge in [-0.2, -0.15) is 0 Å². The molecule has 0 rings (SSSR count). The van der Waals surface area contributed by atoms with Crippen LogP contribution in [0.25, 0.3) is 0 Å². The summed E-state index contributed by atoms with van der Waals surface area (Å²) in [4.78, 5) is 0. The zero-order chi connectivity index (χ0) is 26.8. The molecule has 0 aromatic rings. The van der Waals surface area contributed by atoms with E-state index in [-0.39, 0.29) is 0 Å². The second-order valence-corrected chi connectivity index (χ2v) is 15.5. The Kier molecular flexibility index (Phi) is 26.3. The van der Waals surface area contributed by atoms with E-state index in [1.165, 1.54) is 175 Å². The van der Waals surface area contributed by atoms with Crippen LogP contribution in [-0.2, 0) is 0 Å². The molecule has 4 heteroatoms. The van der Waals surface area contributed by atoms with Crippen molar-refractivity contribution >= 4 is 21.6 Å². The van der Waals surface area contributed by atoms with Gasteiger partial charge < -0.3 is 8.97 Å². The first-order valence-corrected chi connectivity index (χ1v) is 18.7. The average molecular weight is 547 g/mol. The molecular formula is C32H70N2S2+2. The normalized spacial score (nSPS) is 12.5. The van der Waals surface area contributed by atoms with Crippen molar-refractivity contribution < 1.29 is 8.97 Å². The highest BCUT2D eigenvalue weighted by Gasteiger charge is 2.16. The molecule has 0 aliphatic heterocycles. The number of rotatable bonds is 29. The Labute approximate surface area is 238 Å². The predicted molar refractivity (Wildman–Crippen MR) is 172 cm³/mol. The average Bonchev–Trinajstić information content (AvgIpc) is 2.83. The molecule has 0 fully saturated rings. The fourth-order valence-electron chi connectivity index (χ4n) is 4.96. The highest BCUT2D eigenvalue weighted by Crippen LogP contribution is 2.23. The van der Waals surface area contributed by atoms with E-state index in [1.54, 1.807) is 0 Å². The lowest BCUT2D eigenvalue weighted by atomic mass is 10.1. The molecular weight excluding hydrogens is 477 g/mol. The molecule has 0 unspecified atom stereocenters. The van der Waals surface area contributed by atoms with Crippen LogP contribution in [0.4, 0.5) is 0 Å². The summed E-state index contributed by atoms with van der Waals surface area (Å²) in [6.07, 6.45) is 28.8. The van der Waals surface area contributed by atoms with Crippen LogP contribution in [0.15, 0.2) is 0 Å². The molecule has 0 aromatic heterocycles. The van der Waals surface area contributed by atoms with E-state index in [2.05, 4.69) is 63.6 Å². The van der Waals surface area contributed by atoms with E-state index in [4.69, 9.17) is 0 Å². The summed E-state index contributed by atoms with van der Waals surface area (Å²) in [5.41, 5.74) is 0. The molecule has 0 N–H and O–H groups in total. The Morgan fingerprint density at radius 2 is 0.583 bits per heavy atom. The minimum Gasteiger partial charge on any atom is -0.328 e. The molecule has 218 valence electrons. The summed E-state index contributed by atoms with van der Waals surface area (Å²) >= 11 is 0. The van der Waals surface area contributed by atoms with Gasteiger partial charge in [-0.25, -0.2) is 0 Å². The summed E-state index contributed by atoms with van der Waals surface area (Å²) in [5.74, 6) is 2.59. The third kappa shape index (κ3) is 27.6. The van der Waals surface area contributed by atoms with Gasteiger partial charge in [0.25, 0.3) is 0 Å².